The van der Waals surface area contributed by atoms with E-state index in [1.807, 2.05) is 26.8 Å². The molecule has 3 nitrogen and oxygen atoms in total. The molecule has 0 aliphatic heterocycles. The standard InChI is InChI=1S/C13H18O3S/c1-5-9(4)7-16-10-6-11(8(2)3)17-12(10)13(14)15/h6,8H,4-5,7H2,1-3H3,(H,14,15). The van der Waals surface area contributed by atoms with E-state index in [1.165, 1.54) is 11.3 Å². The molecule has 0 spiro atoms. The third kappa shape index (κ3) is 3.60. The van der Waals surface area contributed by atoms with E-state index in [0.29, 0.717) is 18.3 Å². The van der Waals surface area contributed by atoms with Crippen LogP contribution in [0.25, 0.3) is 0 Å². The second-order valence-electron chi connectivity index (χ2n) is 4.19. The van der Waals surface area contributed by atoms with Gasteiger partial charge in [0.15, 0.2) is 4.88 Å². The normalized spacial score (nSPS) is 10.6. The molecule has 0 bridgehead atoms. The molecule has 0 saturated heterocycles. The summed E-state index contributed by atoms with van der Waals surface area (Å²) in [4.78, 5) is 12.4. The number of hydrogen-bond acceptors (Lipinski definition) is 3. The highest BCUT2D eigenvalue weighted by Crippen LogP contribution is 2.34. The summed E-state index contributed by atoms with van der Waals surface area (Å²) in [5, 5.41) is 9.09. The molecule has 1 aromatic heterocycles. The number of aromatic carboxylic acids is 1. The lowest BCUT2D eigenvalue weighted by Gasteiger charge is -2.05. The predicted octanol–water partition coefficient (Wildman–Crippen LogP) is 3.91. The van der Waals surface area contributed by atoms with Crippen molar-refractivity contribution in [1.82, 2.24) is 0 Å². The molecule has 0 unspecified atom stereocenters. The molecule has 94 valence electrons. The lowest BCUT2D eigenvalue weighted by Crippen LogP contribution is -2.02. The smallest absolute Gasteiger partial charge is 0.349 e. The second kappa shape index (κ2) is 5.87. The van der Waals surface area contributed by atoms with Gasteiger partial charge in [-0.3, -0.25) is 0 Å². The molecule has 1 rings (SSSR count). The first-order valence-electron chi connectivity index (χ1n) is 5.62. The molecule has 0 fully saturated rings. The van der Waals surface area contributed by atoms with Crippen LogP contribution in [0.4, 0.5) is 0 Å². The summed E-state index contributed by atoms with van der Waals surface area (Å²) in [5.41, 5.74) is 0.957. The second-order valence-corrected chi connectivity index (χ2v) is 5.28. The maximum absolute atomic E-state index is 11.1. The first kappa shape index (κ1) is 13.8. The molecule has 4 heteroatoms. The van der Waals surface area contributed by atoms with Crippen molar-refractivity contribution in [3.8, 4) is 5.75 Å². The van der Waals surface area contributed by atoms with Crippen LogP contribution in [0.2, 0.25) is 0 Å². The zero-order valence-electron chi connectivity index (χ0n) is 10.4. The van der Waals surface area contributed by atoms with Crippen molar-refractivity contribution in [3.05, 3.63) is 28.0 Å². The van der Waals surface area contributed by atoms with Gasteiger partial charge in [-0.25, -0.2) is 4.79 Å². The number of carbonyl (C=O) groups is 1. The van der Waals surface area contributed by atoms with Crippen molar-refractivity contribution < 1.29 is 14.6 Å². The third-order valence-electron chi connectivity index (χ3n) is 2.41. The Morgan fingerprint density at radius 3 is 2.71 bits per heavy atom. The van der Waals surface area contributed by atoms with E-state index in [2.05, 4.69) is 6.58 Å². The summed E-state index contributed by atoms with van der Waals surface area (Å²) >= 11 is 1.28. The first-order chi connectivity index (χ1) is 7.95. The van der Waals surface area contributed by atoms with Crippen molar-refractivity contribution in [2.24, 2.45) is 0 Å². The first-order valence-corrected chi connectivity index (χ1v) is 6.43. The molecular formula is C13H18O3S. The minimum atomic E-state index is -0.931. The number of thiophene rings is 1. The summed E-state index contributed by atoms with van der Waals surface area (Å²) in [7, 11) is 0. The molecule has 0 aromatic carbocycles. The minimum absolute atomic E-state index is 0.276. The van der Waals surface area contributed by atoms with Gasteiger partial charge in [0.05, 0.1) is 0 Å². The van der Waals surface area contributed by atoms with Crippen LogP contribution in [-0.4, -0.2) is 17.7 Å². The van der Waals surface area contributed by atoms with E-state index >= 15 is 0 Å². The fraction of sp³-hybridized carbons (Fsp3) is 0.462. The Morgan fingerprint density at radius 1 is 1.59 bits per heavy atom. The SMILES string of the molecule is C=C(CC)COc1cc(C(C)C)sc1C(=O)O. The average Bonchev–Trinajstić information content (AvgIpc) is 2.70. The van der Waals surface area contributed by atoms with Gasteiger partial charge in [-0.15, -0.1) is 11.3 Å². The molecule has 1 aromatic rings. The van der Waals surface area contributed by atoms with E-state index in [4.69, 9.17) is 9.84 Å². The summed E-state index contributed by atoms with van der Waals surface area (Å²) < 4.78 is 5.51. The van der Waals surface area contributed by atoms with Crippen LogP contribution in [0.5, 0.6) is 5.75 Å². The van der Waals surface area contributed by atoms with Gasteiger partial charge in [0, 0.05) is 4.88 Å². The fourth-order valence-electron chi connectivity index (χ4n) is 1.22. The van der Waals surface area contributed by atoms with Gasteiger partial charge in [0.25, 0.3) is 0 Å². The Labute approximate surface area is 106 Å². The third-order valence-corrected chi connectivity index (χ3v) is 3.82. The lowest BCUT2D eigenvalue weighted by molar-refractivity contribution is 0.0698. The van der Waals surface area contributed by atoms with Crippen LogP contribution in [0.1, 0.15) is 47.7 Å². The quantitative estimate of drug-likeness (QED) is 0.783. The molecular weight excluding hydrogens is 236 g/mol. The monoisotopic (exact) mass is 254 g/mol. The summed E-state index contributed by atoms with van der Waals surface area (Å²) in [6.07, 6.45) is 0.837. The van der Waals surface area contributed by atoms with Gasteiger partial charge >= 0.3 is 5.97 Å². The summed E-state index contributed by atoms with van der Waals surface area (Å²) in [6, 6.07) is 1.82. The summed E-state index contributed by atoms with van der Waals surface area (Å²) in [5.74, 6) is -0.162. The van der Waals surface area contributed by atoms with E-state index in [-0.39, 0.29) is 4.88 Å². The number of ether oxygens (including phenoxy) is 1. The maximum atomic E-state index is 11.1. The van der Waals surface area contributed by atoms with Gasteiger partial charge in [0.1, 0.15) is 12.4 Å². The zero-order valence-corrected chi connectivity index (χ0v) is 11.3. The van der Waals surface area contributed by atoms with Crippen LogP contribution >= 0.6 is 11.3 Å². The van der Waals surface area contributed by atoms with Crippen LogP contribution in [0.3, 0.4) is 0 Å². The Bertz CT molecular complexity index is 418. The largest absolute Gasteiger partial charge is 0.487 e. The number of carboxylic acids is 1. The lowest BCUT2D eigenvalue weighted by atomic mass is 10.2. The molecule has 0 saturated carbocycles. The van der Waals surface area contributed by atoms with Gasteiger partial charge in [-0.05, 0) is 24.0 Å². The fourth-order valence-corrected chi connectivity index (χ4v) is 2.16. The van der Waals surface area contributed by atoms with Crippen LogP contribution in [-0.2, 0) is 0 Å². The van der Waals surface area contributed by atoms with Gasteiger partial charge in [-0.2, -0.15) is 0 Å². The van der Waals surface area contributed by atoms with Crippen LogP contribution in [0.15, 0.2) is 18.2 Å². The topological polar surface area (TPSA) is 46.5 Å². The highest BCUT2D eigenvalue weighted by atomic mass is 32.1. The van der Waals surface area contributed by atoms with Crippen molar-refractivity contribution in [1.29, 1.82) is 0 Å². The van der Waals surface area contributed by atoms with Gasteiger partial charge in [0.2, 0.25) is 0 Å². The van der Waals surface area contributed by atoms with Crippen molar-refractivity contribution in [2.75, 3.05) is 6.61 Å². The van der Waals surface area contributed by atoms with E-state index in [0.717, 1.165) is 16.9 Å². The molecule has 0 aliphatic rings. The van der Waals surface area contributed by atoms with Crippen LogP contribution < -0.4 is 4.74 Å². The van der Waals surface area contributed by atoms with Crippen molar-refractivity contribution in [3.63, 3.8) is 0 Å². The predicted molar refractivity (Wildman–Crippen MR) is 70.3 cm³/mol. The van der Waals surface area contributed by atoms with Crippen LogP contribution in [0, 0.1) is 0 Å². The number of carboxylic acid groups (broad SMARTS) is 1. The number of hydrogen-bond donors (Lipinski definition) is 1. The number of rotatable bonds is 6. The Morgan fingerprint density at radius 2 is 2.24 bits per heavy atom. The Kier molecular flexibility index (Phi) is 4.75. The minimum Gasteiger partial charge on any atom is -0.487 e. The molecule has 1 N–H and O–H groups in total. The Hall–Kier alpha value is -1.29. The average molecular weight is 254 g/mol. The van der Waals surface area contributed by atoms with E-state index < -0.39 is 5.97 Å². The molecule has 1 heterocycles. The summed E-state index contributed by atoms with van der Waals surface area (Å²) in [6.45, 7) is 10.3. The molecule has 17 heavy (non-hydrogen) atoms. The van der Waals surface area contributed by atoms with Gasteiger partial charge in [-0.1, -0.05) is 27.4 Å². The highest BCUT2D eigenvalue weighted by molar-refractivity contribution is 7.14. The van der Waals surface area contributed by atoms with Crippen molar-refractivity contribution in [2.45, 2.75) is 33.1 Å². The molecule has 0 amide bonds. The molecule has 0 aliphatic carbocycles. The maximum Gasteiger partial charge on any atom is 0.349 e. The van der Waals surface area contributed by atoms with Gasteiger partial charge < -0.3 is 9.84 Å². The molecule has 0 atom stereocenters. The van der Waals surface area contributed by atoms with Crippen molar-refractivity contribution >= 4 is 17.3 Å². The highest BCUT2D eigenvalue weighted by Gasteiger charge is 2.18. The zero-order chi connectivity index (χ0) is 13.0. The molecule has 0 radical (unpaired) electrons. The van der Waals surface area contributed by atoms with E-state index in [9.17, 15) is 4.79 Å². The van der Waals surface area contributed by atoms with E-state index in [1.54, 1.807) is 0 Å². The Balaban J connectivity index is 2.88.